The van der Waals surface area contributed by atoms with Crippen LogP contribution in [-0.2, 0) is 11.3 Å². The van der Waals surface area contributed by atoms with E-state index in [0.29, 0.717) is 15.4 Å². The van der Waals surface area contributed by atoms with Gasteiger partial charge in [-0.3, -0.25) is 14.2 Å². The highest BCUT2D eigenvalue weighted by atomic mass is 79.9. The molecule has 1 N–H and O–H groups in total. The molecule has 0 spiro atoms. The second-order valence-electron chi connectivity index (χ2n) is 3.30. The van der Waals surface area contributed by atoms with Crippen molar-refractivity contribution in [3.63, 3.8) is 0 Å². The van der Waals surface area contributed by atoms with Crippen LogP contribution >= 0.6 is 27.5 Å². The predicted octanol–water partition coefficient (Wildman–Crippen LogP) is 1.90. The third kappa shape index (κ3) is 2.18. The maximum atomic E-state index is 12.1. The summed E-state index contributed by atoms with van der Waals surface area (Å²) in [5, 5.41) is 8.88. The van der Waals surface area contributed by atoms with Crippen molar-refractivity contribution in [3.05, 3.63) is 38.3 Å². The highest BCUT2D eigenvalue weighted by Gasteiger charge is 2.13. The fourth-order valence-electron chi connectivity index (χ4n) is 1.47. The quantitative estimate of drug-likeness (QED) is 0.859. The lowest BCUT2D eigenvalue weighted by Crippen LogP contribution is -2.26. The fraction of sp³-hybridized carbons (Fsp3) is 0.100. The van der Waals surface area contributed by atoms with Crippen molar-refractivity contribution in [2.45, 2.75) is 6.54 Å². The molecule has 1 aromatic heterocycles. The van der Waals surface area contributed by atoms with Gasteiger partial charge in [0, 0.05) is 4.47 Å². The molecule has 17 heavy (non-hydrogen) atoms. The smallest absolute Gasteiger partial charge is 0.323 e. The Morgan fingerprint density at radius 2 is 2.24 bits per heavy atom. The lowest BCUT2D eigenvalue weighted by molar-refractivity contribution is -0.137. The van der Waals surface area contributed by atoms with E-state index in [1.165, 1.54) is 0 Å². The average molecular weight is 318 g/mol. The van der Waals surface area contributed by atoms with E-state index < -0.39 is 18.1 Å². The first kappa shape index (κ1) is 12.1. The monoisotopic (exact) mass is 316 g/mol. The fourth-order valence-corrected chi connectivity index (χ4v) is 2.22. The highest BCUT2D eigenvalue weighted by Crippen LogP contribution is 2.20. The topological polar surface area (TPSA) is 72.2 Å². The molecular formula is C10H6BrClN2O3. The van der Waals surface area contributed by atoms with Crippen LogP contribution in [0.4, 0.5) is 0 Å². The zero-order valence-electron chi connectivity index (χ0n) is 8.35. The van der Waals surface area contributed by atoms with Gasteiger partial charge >= 0.3 is 5.97 Å². The van der Waals surface area contributed by atoms with E-state index in [9.17, 15) is 9.59 Å². The molecule has 5 nitrogen and oxygen atoms in total. The molecular weight excluding hydrogens is 311 g/mol. The Hall–Kier alpha value is -1.40. The SMILES string of the molecule is O=C(O)Cn1c(Cl)nc2cccc(Br)c2c1=O. The standard InChI is InChI=1S/C10H6BrClN2O3/c11-5-2-1-3-6-8(5)9(17)14(4-7(15)16)10(12)13-6/h1-3H,4H2,(H,15,16). The van der Waals surface area contributed by atoms with Gasteiger partial charge in [-0.1, -0.05) is 6.07 Å². The number of hydrogen-bond acceptors (Lipinski definition) is 3. The molecule has 2 rings (SSSR count). The number of nitrogens with zero attached hydrogens (tertiary/aromatic N) is 2. The summed E-state index contributed by atoms with van der Waals surface area (Å²) < 4.78 is 1.47. The van der Waals surface area contributed by atoms with Gasteiger partial charge in [-0.25, -0.2) is 4.98 Å². The lowest BCUT2D eigenvalue weighted by atomic mass is 10.2. The molecule has 0 radical (unpaired) electrons. The van der Waals surface area contributed by atoms with Gasteiger partial charge in [0.1, 0.15) is 6.54 Å². The summed E-state index contributed by atoms with van der Waals surface area (Å²) in [6.45, 7) is -0.512. The van der Waals surface area contributed by atoms with Crippen molar-refractivity contribution in [3.8, 4) is 0 Å². The van der Waals surface area contributed by atoms with Crippen molar-refractivity contribution in [2.24, 2.45) is 0 Å². The van der Waals surface area contributed by atoms with Crippen LogP contribution in [0.25, 0.3) is 10.9 Å². The largest absolute Gasteiger partial charge is 0.480 e. The molecule has 0 atom stereocenters. The third-order valence-corrected chi connectivity index (χ3v) is 3.13. The second kappa shape index (κ2) is 4.46. The Kier molecular flexibility index (Phi) is 3.17. The van der Waals surface area contributed by atoms with Crippen molar-refractivity contribution in [1.29, 1.82) is 0 Å². The number of benzene rings is 1. The van der Waals surface area contributed by atoms with E-state index >= 15 is 0 Å². The molecule has 0 saturated carbocycles. The molecule has 1 heterocycles. The van der Waals surface area contributed by atoms with Gasteiger partial charge in [0.2, 0.25) is 5.28 Å². The number of fused-ring (bicyclic) bond motifs is 1. The van der Waals surface area contributed by atoms with Crippen LogP contribution in [0.3, 0.4) is 0 Å². The van der Waals surface area contributed by atoms with Gasteiger partial charge in [0.25, 0.3) is 5.56 Å². The van der Waals surface area contributed by atoms with E-state index in [1.807, 2.05) is 0 Å². The number of carbonyl (C=O) groups is 1. The molecule has 0 aliphatic carbocycles. The Bertz CT molecular complexity index is 668. The molecule has 88 valence electrons. The van der Waals surface area contributed by atoms with Crippen molar-refractivity contribution in [1.82, 2.24) is 9.55 Å². The summed E-state index contributed by atoms with van der Waals surface area (Å²) >= 11 is 9.01. The van der Waals surface area contributed by atoms with Crippen LogP contribution < -0.4 is 5.56 Å². The zero-order valence-corrected chi connectivity index (χ0v) is 10.7. The molecule has 1 aromatic carbocycles. The van der Waals surface area contributed by atoms with E-state index in [4.69, 9.17) is 16.7 Å². The first-order valence-corrected chi connectivity index (χ1v) is 5.74. The van der Waals surface area contributed by atoms with Gasteiger partial charge in [-0.05, 0) is 39.7 Å². The van der Waals surface area contributed by atoms with Crippen LogP contribution in [0, 0.1) is 0 Å². The summed E-state index contributed by atoms with van der Waals surface area (Å²) in [7, 11) is 0. The third-order valence-electron chi connectivity index (χ3n) is 2.18. The number of aliphatic carboxylic acids is 1. The van der Waals surface area contributed by atoms with Gasteiger partial charge in [0.05, 0.1) is 10.9 Å². The maximum Gasteiger partial charge on any atom is 0.323 e. The summed E-state index contributed by atoms with van der Waals surface area (Å²) in [5.41, 5.74) is -0.0501. The number of carboxylic acids is 1. The zero-order chi connectivity index (χ0) is 12.6. The molecule has 0 bridgehead atoms. The maximum absolute atomic E-state index is 12.1. The normalized spacial score (nSPS) is 10.7. The van der Waals surface area contributed by atoms with Crippen LogP contribution in [0.5, 0.6) is 0 Å². The number of halogens is 2. The van der Waals surface area contributed by atoms with E-state index in [-0.39, 0.29) is 5.28 Å². The molecule has 0 unspecified atom stereocenters. The minimum atomic E-state index is -1.15. The summed E-state index contributed by atoms with van der Waals surface area (Å²) in [6.07, 6.45) is 0. The molecule has 7 heteroatoms. The van der Waals surface area contributed by atoms with Gasteiger partial charge in [-0.2, -0.15) is 0 Å². The number of carboxylic acid groups (broad SMARTS) is 1. The van der Waals surface area contributed by atoms with Gasteiger partial charge in [0.15, 0.2) is 0 Å². The molecule has 0 aliphatic heterocycles. The van der Waals surface area contributed by atoms with Crippen LogP contribution in [-0.4, -0.2) is 20.6 Å². The number of rotatable bonds is 2. The molecule has 0 saturated heterocycles. The molecule has 0 aliphatic rings. The van der Waals surface area contributed by atoms with Crippen LogP contribution in [0.1, 0.15) is 0 Å². The summed E-state index contributed by atoms with van der Waals surface area (Å²) in [6, 6.07) is 5.04. The minimum absolute atomic E-state index is 0.136. The molecule has 0 amide bonds. The van der Waals surface area contributed by atoms with E-state index in [1.54, 1.807) is 18.2 Å². The van der Waals surface area contributed by atoms with Crippen molar-refractivity contribution >= 4 is 44.4 Å². The predicted molar refractivity (Wildman–Crippen MR) is 66.3 cm³/mol. The van der Waals surface area contributed by atoms with E-state index in [0.717, 1.165) is 4.57 Å². The van der Waals surface area contributed by atoms with Crippen molar-refractivity contribution < 1.29 is 9.90 Å². The Morgan fingerprint density at radius 1 is 1.53 bits per heavy atom. The first-order chi connectivity index (χ1) is 8.00. The van der Waals surface area contributed by atoms with Crippen molar-refractivity contribution in [2.75, 3.05) is 0 Å². The van der Waals surface area contributed by atoms with Crippen LogP contribution in [0.15, 0.2) is 27.5 Å². The Balaban J connectivity index is 2.83. The number of hydrogen-bond donors (Lipinski definition) is 1. The molecule has 0 fully saturated rings. The van der Waals surface area contributed by atoms with Crippen LogP contribution in [0.2, 0.25) is 5.28 Å². The lowest BCUT2D eigenvalue weighted by Gasteiger charge is -2.07. The summed E-state index contributed by atoms with van der Waals surface area (Å²) in [4.78, 5) is 26.7. The number of aromatic nitrogens is 2. The Labute approximate surface area is 109 Å². The summed E-state index contributed by atoms with van der Waals surface area (Å²) in [5.74, 6) is -1.15. The second-order valence-corrected chi connectivity index (χ2v) is 4.49. The van der Waals surface area contributed by atoms with E-state index in [2.05, 4.69) is 20.9 Å². The highest BCUT2D eigenvalue weighted by molar-refractivity contribution is 9.10. The van der Waals surface area contributed by atoms with Gasteiger partial charge < -0.3 is 5.11 Å². The van der Waals surface area contributed by atoms with Gasteiger partial charge in [-0.15, -0.1) is 0 Å². The Morgan fingerprint density at radius 3 is 2.88 bits per heavy atom. The minimum Gasteiger partial charge on any atom is -0.480 e. The molecule has 2 aromatic rings. The first-order valence-electron chi connectivity index (χ1n) is 4.57. The average Bonchev–Trinajstić information content (AvgIpc) is 2.23.